The van der Waals surface area contributed by atoms with Crippen LogP contribution in [0.4, 0.5) is 0 Å². The zero-order valence-electron chi connectivity index (χ0n) is 24.3. The van der Waals surface area contributed by atoms with E-state index in [-0.39, 0.29) is 29.1 Å². The summed E-state index contributed by atoms with van der Waals surface area (Å²) in [6, 6.07) is 17.1. The Morgan fingerprint density at radius 1 is 0.895 bits per heavy atom. The SMILES string of the molecule is CCC(C)(C)C(=O)OCCN.CCC(C)C(=O)OCC[N+](C)(C)Cc1ccc(C(=O)c2ccccc2)cc1. The van der Waals surface area contributed by atoms with Crippen LogP contribution in [0.25, 0.3) is 0 Å². The normalized spacial score (nSPS) is 12.1. The van der Waals surface area contributed by atoms with Gasteiger partial charge in [0, 0.05) is 23.2 Å². The Morgan fingerprint density at radius 3 is 2.00 bits per heavy atom. The molecule has 210 valence electrons. The summed E-state index contributed by atoms with van der Waals surface area (Å²) in [5.41, 5.74) is 7.36. The number of quaternary nitrogens is 1. The Hall–Kier alpha value is -3.03. The smallest absolute Gasteiger partial charge is 0.311 e. The van der Waals surface area contributed by atoms with E-state index in [1.807, 2.05) is 89.2 Å². The maximum Gasteiger partial charge on any atom is 0.311 e. The number of likely N-dealkylation sites (N-methyl/N-ethyl adjacent to an activating group) is 1. The number of carbonyl (C=O) groups excluding carboxylic acids is 3. The summed E-state index contributed by atoms with van der Waals surface area (Å²) in [6.45, 7) is 12.3. The largest absolute Gasteiger partial charge is 0.464 e. The molecule has 0 heterocycles. The second-order valence-corrected chi connectivity index (χ2v) is 10.8. The second-order valence-electron chi connectivity index (χ2n) is 10.8. The monoisotopic (exact) mass is 527 g/mol. The molecule has 0 radical (unpaired) electrons. The molecule has 2 N–H and O–H groups in total. The predicted molar refractivity (Wildman–Crippen MR) is 151 cm³/mol. The van der Waals surface area contributed by atoms with E-state index in [0.29, 0.717) is 35.4 Å². The zero-order valence-corrected chi connectivity index (χ0v) is 24.3. The number of nitrogens with zero attached hydrogens (tertiary/aromatic N) is 1. The first-order valence-corrected chi connectivity index (χ1v) is 13.4. The van der Waals surface area contributed by atoms with E-state index in [9.17, 15) is 14.4 Å². The molecule has 0 aliphatic heterocycles. The number of hydrogen-bond acceptors (Lipinski definition) is 6. The van der Waals surface area contributed by atoms with Crippen LogP contribution in [-0.4, -0.2) is 62.6 Å². The van der Waals surface area contributed by atoms with E-state index in [0.717, 1.165) is 31.5 Å². The second kappa shape index (κ2) is 16.0. The van der Waals surface area contributed by atoms with E-state index < -0.39 is 0 Å². The van der Waals surface area contributed by atoms with E-state index in [1.54, 1.807) is 0 Å². The molecule has 1 atom stereocenters. The number of ether oxygens (including phenoxy) is 2. The molecule has 1 unspecified atom stereocenters. The highest BCUT2D eigenvalue weighted by atomic mass is 16.5. The number of rotatable bonds is 13. The average molecular weight is 528 g/mol. The van der Waals surface area contributed by atoms with Crippen molar-refractivity contribution < 1.29 is 28.3 Å². The number of nitrogens with two attached hydrogens (primary N) is 1. The van der Waals surface area contributed by atoms with Gasteiger partial charge in [-0.15, -0.1) is 0 Å². The van der Waals surface area contributed by atoms with Gasteiger partial charge in [0.05, 0.1) is 25.4 Å². The van der Waals surface area contributed by atoms with Crippen molar-refractivity contribution in [2.75, 3.05) is 40.4 Å². The molecule has 0 aromatic heterocycles. The Kier molecular flexibility index (Phi) is 13.9. The summed E-state index contributed by atoms with van der Waals surface area (Å²) in [5, 5.41) is 0. The fourth-order valence-corrected chi connectivity index (χ4v) is 3.28. The van der Waals surface area contributed by atoms with Crippen molar-refractivity contribution in [3.8, 4) is 0 Å². The maximum absolute atomic E-state index is 12.5. The van der Waals surface area contributed by atoms with Crippen molar-refractivity contribution in [3.63, 3.8) is 0 Å². The lowest BCUT2D eigenvalue weighted by Crippen LogP contribution is -2.42. The summed E-state index contributed by atoms with van der Waals surface area (Å²) < 4.78 is 11.0. The molecule has 2 aromatic rings. The lowest BCUT2D eigenvalue weighted by Gasteiger charge is -2.29. The van der Waals surface area contributed by atoms with Crippen molar-refractivity contribution in [2.45, 2.75) is 54.0 Å². The summed E-state index contributed by atoms with van der Waals surface area (Å²) in [5.74, 6) is -0.296. The molecule has 0 aliphatic rings. The first-order valence-electron chi connectivity index (χ1n) is 13.4. The molecular weight excluding hydrogens is 480 g/mol. The van der Waals surface area contributed by atoms with Crippen molar-refractivity contribution in [1.82, 2.24) is 0 Å². The molecule has 7 nitrogen and oxygen atoms in total. The molecule has 0 aliphatic carbocycles. The van der Waals surface area contributed by atoms with Crippen LogP contribution in [0.3, 0.4) is 0 Å². The van der Waals surface area contributed by atoms with E-state index in [1.165, 1.54) is 0 Å². The van der Waals surface area contributed by atoms with Gasteiger partial charge in [-0.2, -0.15) is 0 Å². The fraction of sp³-hybridized carbons (Fsp3) is 0.516. The van der Waals surface area contributed by atoms with Gasteiger partial charge in [0.2, 0.25) is 0 Å². The molecule has 2 aromatic carbocycles. The summed E-state index contributed by atoms with van der Waals surface area (Å²) >= 11 is 0. The van der Waals surface area contributed by atoms with Crippen LogP contribution >= 0.6 is 0 Å². The van der Waals surface area contributed by atoms with Crippen molar-refractivity contribution in [2.24, 2.45) is 17.1 Å². The minimum atomic E-state index is -0.366. The highest BCUT2D eigenvalue weighted by Gasteiger charge is 2.26. The molecule has 0 bridgehead atoms. The predicted octanol–water partition coefficient (Wildman–Crippen LogP) is 5.01. The van der Waals surface area contributed by atoms with Crippen LogP contribution < -0.4 is 5.73 Å². The Bertz CT molecular complexity index is 1000. The first-order chi connectivity index (χ1) is 17.9. The lowest BCUT2D eigenvalue weighted by atomic mass is 9.91. The van der Waals surface area contributed by atoms with Crippen LogP contribution in [0.1, 0.15) is 68.9 Å². The van der Waals surface area contributed by atoms with Crippen molar-refractivity contribution in [3.05, 3.63) is 71.3 Å². The molecule has 38 heavy (non-hydrogen) atoms. The van der Waals surface area contributed by atoms with Gasteiger partial charge in [-0.3, -0.25) is 14.4 Å². The van der Waals surface area contributed by atoms with Gasteiger partial charge in [-0.25, -0.2) is 0 Å². The van der Waals surface area contributed by atoms with E-state index in [4.69, 9.17) is 15.2 Å². The van der Waals surface area contributed by atoms with Gasteiger partial charge in [-0.1, -0.05) is 75.4 Å². The van der Waals surface area contributed by atoms with E-state index in [2.05, 4.69) is 14.1 Å². The van der Waals surface area contributed by atoms with Gasteiger partial charge in [0.1, 0.15) is 26.3 Å². The highest BCUT2D eigenvalue weighted by molar-refractivity contribution is 6.08. The summed E-state index contributed by atoms with van der Waals surface area (Å²) in [6.07, 6.45) is 1.58. The van der Waals surface area contributed by atoms with Gasteiger partial charge < -0.3 is 19.7 Å². The van der Waals surface area contributed by atoms with Crippen molar-refractivity contribution in [1.29, 1.82) is 0 Å². The highest BCUT2D eigenvalue weighted by Crippen LogP contribution is 2.21. The fourth-order valence-electron chi connectivity index (χ4n) is 3.28. The molecular formula is C31H47N2O5+. The third-order valence-electron chi connectivity index (χ3n) is 6.61. The van der Waals surface area contributed by atoms with E-state index >= 15 is 0 Å². The minimum absolute atomic E-state index is 0.0351. The molecule has 2 rings (SSSR count). The Labute approximate surface area is 228 Å². The van der Waals surface area contributed by atoms with Crippen LogP contribution in [-0.2, 0) is 25.6 Å². The van der Waals surface area contributed by atoms with Crippen LogP contribution in [0, 0.1) is 11.3 Å². The molecule has 0 saturated heterocycles. The summed E-state index contributed by atoms with van der Waals surface area (Å²) in [4.78, 5) is 35.4. The van der Waals surface area contributed by atoms with Gasteiger partial charge in [0.15, 0.2) is 5.78 Å². The standard InChI is InChI=1S/C23H30NO3.C8H17NO2/c1-5-18(2)23(26)27-16-15-24(3,4)17-19-11-13-21(14-12-19)22(25)20-9-7-6-8-10-20;1-4-8(2,3)7(10)11-6-5-9/h6-14,18H,5,15-17H2,1-4H3;4-6,9H2,1-3H3/q+1;. The van der Waals surface area contributed by atoms with Gasteiger partial charge in [0.25, 0.3) is 0 Å². The Balaban J connectivity index is 0.000000554. The minimum Gasteiger partial charge on any atom is -0.464 e. The molecule has 0 spiro atoms. The molecule has 0 amide bonds. The third kappa shape index (κ3) is 11.6. The molecule has 0 saturated carbocycles. The lowest BCUT2D eigenvalue weighted by molar-refractivity contribution is -0.903. The number of esters is 2. The topological polar surface area (TPSA) is 95.7 Å². The van der Waals surface area contributed by atoms with Crippen molar-refractivity contribution >= 4 is 17.7 Å². The van der Waals surface area contributed by atoms with Gasteiger partial charge in [-0.05, 0) is 26.7 Å². The quantitative estimate of drug-likeness (QED) is 0.224. The molecule has 7 heteroatoms. The maximum atomic E-state index is 12.5. The average Bonchev–Trinajstić information content (AvgIpc) is 2.91. The zero-order chi connectivity index (χ0) is 28.8. The van der Waals surface area contributed by atoms with Crippen LogP contribution in [0.2, 0.25) is 0 Å². The third-order valence-corrected chi connectivity index (χ3v) is 6.61. The number of carbonyl (C=O) groups is 3. The molecule has 0 fully saturated rings. The van der Waals surface area contributed by atoms with Gasteiger partial charge >= 0.3 is 11.9 Å². The van der Waals surface area contributed by atoms with Crippen LogP contribution in [0.15, 0.2) is 54.6 Å². The first kappa shape index (κ1) is 33.0. The summed E-state index contributed by atoms with van der Waals surface area (Å²) in [7, 11) is 4.22. The number of hydrogen-bond donors (Lipinski definition) is 1. The number of benzene rings is 2. The van der Waals surface area contributed by atoms with Crippen LogP contribution in [0.5, 0.6) is 0 Å². The Morgan fingerprint density at radius 2 is 1.47 bits per heavy atom. The number of ketones is 1.